The highest BCUT2D eigenvalue weighted by molar-refractivity contribution is 5.90. The molecule has 0 aliphatic carbocycles. The zero-order chi connectivity index (χ0) is 18.1. The Hall–Kier alpha value is -2.83. The molecule has 0 bridgehead atoms. The van der Waals surface area contributed by atoms with E-state index in [1.54, 1.807) is 0 Å². The third kappa shape index (κ3) is 3.29. The molecular weight excluding hydrogens is 336 g/mol. The molecule has 1 fully saturated rings. The van der Waals surface area contributed by atoms with E-state index in [0.717, 1.165) is 61.6 Å². The Morgan fingerprint density at radius 2 is 1.44 bits per heavy atom. The Morgan fingerprint density at radius 3 is 2.26 bits per heavy atom. The van der Waals surface area contributed by atoms with Gasteiger partial charge in [-0.3, -0.25) is 14.2 Å². The monoisotopic (exact) mass is 358 g/mol. The van der Waals surface area contributed by atoms with Gasteiger partial charge in [-0.05, 0) is 17.7 Å². The lowest BCUT2D eigenvalue weighted by Crippen LogP contribution is -2.45. The zero-order valence-electron chi connectivity index (χ0n) is 15.2. The van der Waals surface area contributed by atoms with E-state index in [-0.39, 0.29) is 0 Å². The van der Waals surface area contributed by atoms with Gasteiger partial charge in [0.05, 0.1) is 12.1 Å². The summed E-state index contributed by atoms with van der Waals surface area (Å²) >= 11 is 0. The Morgan fingerprint density at radius 1 is 0.741 bits per heavy atom. The minimum absolute atomic E-state index is 0.806. The van der Waals surface area contributed by atoms with Gasteiger partial charge in [0, 0.05) is 38.1 Å². The average Bonchev–Trinajstić information content (AvgIpc) is 3.13. The predicted molar refractivity (Wildman–Crippen MR) is 105 cm³/mol. The van der Waals surface area contributed by atoms with Crippen LogP contribution in [0.4, 0.5) is 0 Å². The lowest BCUT2D eigenvalue weighted by molar-refractivity contribution is 0.119. The Labute approximate surface area is 158 Å². The van der Waals surface area contributed by atoms with Crippen LogP contribution in [-0.4, -0.2) is 55.6 Å². The number of rotatable bonds is 4. The topological polar surface area (TPSA) is 49.6 Å². The summed E-state index contributed by atoms with van der Waals surface area (Å²) < 4.78 is 2.03. The smallest absolute Gasteiger partial charge is 0.171 e. The maximum Gasteiger partial charge on any atom is 0.171 e. The van der Waals surface area contributed by atoms with Crippen molar-refractivity contribution in [3.63, 3.8) is 0 Å². The first-order valence-corrected chi connectivity index (χ1v) is 9.43. The van der Waals surface area contributed by atoms with E-state index in [0.29, 0.717) is 0 Å². The highest BCUT2D eigenvalue weighted by atomic mass is 15.3. The van der Waals surface area contributed by atoms with Crippen LogP contribution in [0.5, 0.6) is 0 Å². The quantitative estimate of drug-likeness (QED) is 0.561. The van der Waals surface area contributed by atoms with Crippen molar-refractivity contribution in [2.75, 3.05) is 26.2 Å². The third-order valence-corrected chi connectivity index (χ3v) is 5.30. The molecule has 0 saturated carbocycles. The fourth-order valence-electron chi connectivity index (χ4n) is 3.78. The number of hydrogen-bond acceptors (Lipinski definition) is 5. The van der Waals surface area contributed by atoms with Crippen molar-refractivity contribution in [3.8, 4) is 0 Å². The number of benzene rings is 2. The molecule has 0 spiro atoms. The van der Waals surface area contributed by atoms with Crippen molar-refractivity contribution in [2.45, 2.75) is 13.1 Å². The summed E-state index contributed by atoms with van der Waals surface area (Å²) in [7, 11) is 0. The van der Waals surface area contributed by atoms with Crippen molar-refractivity contribution in [1.29, 1.82) is 0 Å². The summed E-state index contributed by atoms with van der Waals surface area (Å²) in [6.45, 7) is 6.07. The standard InChI is InChI=1S/C21H22N6/c1-2-6-17(7-3-1)14-25-10-12-26(13-11-25)15-20-23-24-21-18-8-4-5-9-19(18)22-16-27(20)21/h1-9,16H,10-15H2. The van der Waals surface area contributed by atoms with E-state index in [2.05, 4.69) is 61.4 Å². The maximum absolute atomic E-state index is 4.55. The molecule has 3 heterocycles. The summed E-state index contributed by atoms with van der Waals surface area (Å²) in [6.07, 6.45) is 1.85. The highest BCUT2D eigenvalue weighted by Crippen LogP contribution is 2.18. The minimum atomic E-state index is 0.806. The van der Waals surface area contributed by atoms with E-state index < -0.39 is 0 Å². The molecule has 6 heteroatoms. The van der Waals surface area contributed by atoms with Crippen LogP contribution in [0, 0.1) is 0 Å². The molecule has 0 radical (unpaired) electrons. The number of hydrogen-bond donors (Lipinski definition) is 0. The normalized spacial score (nSPS) is 16.3. The first-order valence-electron chi connectivity index (χ1n) is 9.43. The van der Waals surface area contributed by atoms with E-state index >= 15 is 0 Å². The van der Waals surface area contributed by atoms with Gasteiger partial charge < -0.3 is 0 Å². The highest BCUT2D eigenvalue weighted by Gasteiger charge is 2.19. The fraction of sp³-hybridized carbons (Fsp3) is 0.286. The third-order valence-electron chi connectivity index (χ3n) is 5.30. The van der Waals surface area contributed by atoms with Crippen LogP contribution in [0.3, 0.4) is 0 Å². The number of fused-ring (bicyclic) bond motifs is 3. The predicted octanol–water partition coefficient (Wildman–Crippen LogP) is 2.60. The van der Waals surface area contributed by atoms with Crippen LogP contribution >= 0.6 is 0 Å². The van der Waals surface area contributed by atoms with E-state index in [9.17, 15) is 0 Å². The summed E-state index contributed by atoms with van der Waals surface area (Å²) in [4.78, 5) is 9.52. The van der Waals surface area contributed by atoms with Crippen LogP contribution in [0.2, 0.25) is 0 Å². The number of nitrogens with zero attached hydrogens (tertiary/aromatic N) is 6. The van der Waals surface area contributed by atoms with Crippen molar-refractivity contribution < 1.29 is 0 Å². The molecule has 0 unspecified atom stereocenters. The molecule has 6 nitrogen and oxygen atoms in total. The maximum atomic E-state index is 4.55. The van der Waals surface area contributed by atoms with Crippen molar-refractivity contribution in [3.05, 3.63) is 72.3 Å². The largest absolute Gasteiger partial charge is 0.297 e. The molecule has 5 rings (SSSR count). The Bertz CT molecular complexity index is 1050. The number of piperazine rings is 1. The molecule has 2 aromatic carbocycles. The minimum Gasteiger partial charge on any atom is -0.297 e. The first-order chi connectivity index (χ1) is 13.4. The van der Waals surface area contributed by atoms with Gasteiger partial charge in [0.15, 0.2) is 11.5 Å². The summed E-state index contributed by atoms with van der Waals surface area (Å²) in [5.74, 6) is 0.958. The SMILES string of the molecule is c1ccc(CN2CCN(Cc3nnc4c5ccccc5ncn34)CC2)cc1. The zero-order valence-corrected chi connectivity index (χ0v) is 15.2. The Kier molecular flexibility index (Phi) is 4.27. The molecule has 4 aromatic rings. The molecule has 2 aromatic heterocycles. The van der Waals surface area contributed by atoms with E-state index in [1.165, 1.54) is 5.56 Å². The average molecular weight is 358 g/mol. The molecule has 1 aliphatic rings. The van der Waals surface area contributed by atoms with Gasteiger partial charge >= 0.3 is 0 Å². The molecule has 0 N–H and O–H groups in total. The lowest BCUT2D eigenvalue weighted by atomic mass is 10.2. The number of aromatic nitrogens is 4. The second kappa shape index (κ2) is 7.06. The second-order valence-corrected chi connectivity index (χ2v) is 7.11. The van der Waals surface area contributed by atoms with Gasteiger partial charge in [0.2, 0.25) is 0 Å². The summed E-state index contributed by atoms with van der Waals surface area (Å²) in [5, 5.41) is 9.91. The van der Waals surface area contributed by atoms with Gasteiger partial charge in [-0.15, -0.1) is 10.2 Å². The first kappa shape index (κ1) is 16.4. The molecule has 1 saturated heterocycles. The van der Waals surface area contributed by atoms with Gasteiger partial charge in [0.1, 0.15) is 6.33 Å². The van der Waals surface area contributed by atoms with E-state index in [1.807, 2.05) is 28.9 Å². The molecule has 136 valence electrons. The molecule has 27 heavy (non-hydrogen) atoms. The van der Waals surface area contributed by atoms with Gasteiger partial charge in [-0.2, -0.15) is 0 Å². The number of para-hydroxylation sites is 1. The van der Waals surface area contributed by atoms with Crippen molar-refractivity contribution >= 4 is 16.6 Å². The van der Waals surface area contributed by atoms with Crippen LogP contribution < -0.4 is 0 Å². The molecule has 0 amide bonds. The molecule has 0 atom stereocenters. The Balaban J connectivity index is 1.27. The van der Waals surface area contributed by atoms with Gasteiger partial charge in [0.25, 0.3) is 0 Å². The van der Waals surface area contributed by atoms with Crippen molar-refractivity contribution in [1.82, 2.24) is 29.4 Å². The summed E-state index contributed by atoms with van der Waals surface area (Å²) in [5.41, 5.74) is 3.23. The van der Waals surface area contributed by atoms with Crippen molar-refractivity contribution in [2.24, 2.45) is 0 Å². The second-order valence-electron chi connectivity index (χ2n) is 7.11. The fourth-order valence-corrected chi connectivity index (χ4v) is 3.78. The van der Waals surface area contributed by atoms with Crippen LogP contribution in [0.1, 0.15) is 11.4 Å². The van der Waals surface area contributed by atoms with Crippen LogP contribution in [0.25, 0.3) is 16.6 Å². The van der Waals surface area contributed by atoms with Crippen LogP contribution in [0.15, 0.2) is 60.9 Å². The molecule has 1 aliphatic heterocycles. The lowest BCUT2D eigenvalue weighted by Gasteiger charge is -2.34. The summed E-state index contributed by atoms with van der Waals surface area (Å²) in [6, 6.07) is 18.8. The van der Waals surface area contributed by atoms with Crippen LogP contribution in [-0.2, 0) is 13.1 Å². The van der Waals surface area contributed by atoms with E-state index in [4.69, 9.17) is 0 Å². The molecular formula is C21H22N6. The van der Waals surface area contributed by atoms with Gasteiger partial charge in [-0.25, -0.2) is 4.98 Å². The van der Waals surface area contributed by atoms with Gasteiger partial charge in [-0.1, -0.05) is 42.5 Å².